The second-order valence-corrected chi connectivity index (χ2v) is 17.1. The summed E-state index contributed by atoms with van der Waals surface area (Å²) in [5.74, 6) is -4.07. The van der Waals surface area contributed by atoms with Crippen LogP contribution in [0.2, 0.25) is 39.3 Å². The Morgan fingerprint density at radius 3 is 1.19 bits per heavy atom. The average Bonchev–Trinajstić information content (AvgIpc) is 2.30. The number of hydrogen-bond donors (Lipinski definition) is 2. The SMILES string of the molecule is C[Si](C)(C)OC(CC(=O)O)CC(=O)OC(=O)CC(CC(=O)O)O[Si](C)(C)C. The summed E-state index contributed by atoms with van der Waals surface area (Å²) >= 11 is 0. The summed E-state index contributed by atoms with van der Waals surface area (Å²) in [6.07, 6.45) is -3.28. The monoisotopic (exact) mass is 422 g/mol. The van der Waals surface area contributed by atoms with Crippen LogP contribution in [0, 0.1) is 0 Å². The Labute approximate surface area is 161 Å². The van der Waals surface area contributed by atoms with E-state index in [1.165, 1.54) is 0 Å². The maximum absolute atomic E-state index is 12.0. The number of esters is 2. The first kappa shape index (κ1) is 25.4. The van der Waals surface area contributed by atoms with Crippen molar-refractivity contribution in [2.45, 2.75) is 77.2 Å². The molecule has 0 radical (unpaired) electrons. The van der Waals surface area contributed by atoms with Crippen LogP contribution in [0.5, 0.6) is 0 Å². The molecule has 0 rings (SSSR count). The van der Waals surface area contributed by atoms with Crippen LogP contribution in [0.15, 0.2) is 0 Å². The van der Waals surface area contributed by atoms with Crippen molar-refractivity contribution in [3.63, 3.8) is 0 Å². The number of carboxylic acid groups (broad SMARTS) is 2. The number of hydrogen-bond acceptors (Lipinski definition) is 7. The van der Waals surface area contributed by atoms with Crippen LogP contribution < -0.4 is 0 Å². The number of carbonyl (C=O) groups excluding carboxylic acids is 2. The molecular weight excluding hydrogens is 392 g/mol. The quantitative estimate of drug-likeness (QED) is 0.275. The lowest BCUT2D eigenvalue weighted by Crippen LogP contribution is -2.36. The first-order valence-corrected chi connectivity index (χ1v) is 15.4. The normalized spacial score (nSPS) is 14.3. The van der Waals surface area contributed by atoms with E-state index in [-0.39, 0.29) is 25.7 Å². The molecule has 0 saturated heterocycles. The van der Waals surface area contributed by atoms with Crippen molar-refractivity contribution < 1.29 is 43.0 Å². The Kier molecular flexibility index (Phi) is 10.1. The molecule has 0 heterocycles. The molecule has 156 valence electrons. The molecule has 0 aromatic carbocycles. The summed E-state index contributed by atoms with van der Waals surface area (Å²) in [6, 6.07) is 0. The highest BCUT2D eigenvalue weighted by atomic mass is 28.4. The summed E-state index contributed by atoms with van der Waals surface area (Å²) in [4.78, 5) is 45.8. The summed E-state index contributed by atoms with van der Waals surface area (Å²) in [5, 5.41) is 17.9. The fourth-order valence-corrected chi connectivity index (χ4v) is 4.62. The minimum atomic E-state index is -2.10. The number of aliphatic carboxylic acids is 2. The van der Waals surface area contributed by atoms with Gasteiger partial charge < -0.3 is 23.8 Å². The molecule has 0 fully saturated rings. The highest BCUT2D eigenvalue weighted by Crippen LogP contribution is 2.16. The van der Waals surface area contributed by atoms with Gasteiger partial charge in [0.25, 0.3) is 0 Å². The maximum Gasteiger partial charge on any atom is 0.316 e. The minimum Gasteiger partial charge on any atom is -0.481 e. The van der Waals surface area contributed by atoms with Crippen LogP contribution in [0.3, 0.4) is 0 Å². The van der Waals surface area contributed by atoms with Crippen LogP contribution in [-0.4, -0.2) is 62.9 Å². The summed E-state index contributed by atoms with van der Waals surface area (Å²) in [7, 11) is -4.20. The van der Waals surface area contributed by atoms with Gasteiger partial charge in [0.1, 0.15) is 0 Å². The van der Waals surface area contributed by atoms with Crippen LogP contribution in [0.4, 0.5) is 0 Å². The van der Waals surface area contributed by atoms with E-state index in [2.05, 4.69) is 0 Å². The van der Waals surface area contributed by atoms with Crippen LogP contribution in [0.25, 0.3) is 0 Å². The minimum absolute atomic E-state index is 0.374. The van der Waals surface area contributed by atoms with Gasteiger partial charge in [0.05, 0.1) is 37.9 Å². The zero-order valence-corrected chi connectivity index (χ0v) is 18.7. The van der Waals surface area contributed by atoms with E-state index in [1.807, 2.05) is 39.3 Å². The van der Waals surface area contributed by atoms with Gasteiger partial charge in [-0.25, -0.2) is 0 Å². The summed E-state index contributed by atoms with van der Waals surface area (Å²) in [6.45, 7) is 11.1. The lowest BCUT2D eigenvalue weighted by molar-refractivity contribution is -0.161. The Bertz CT molecular complexity index is 501. The predicted octanol–water partition coefficient (Wildman–Crippen LogP) is 2.23. The van der Waals surface area contributed by atoms with E-state index in [9.17, 15) is 19.2 Å². The average molecular weight is 423 g/mol. The van der Waals surface area contributed by atoms with Crippen molar-refractivity contribution in [3.05, 3.63) is 0 Å². The second-order valence-electron chi connectivity index (χ2n) is 8.15. The number of rotatable bonds is 12. The van der Waals surface area contributed by atoms with Crippen molar-refractivity contribution in [2.24, 2.45) is 0 Å². The molecule has 0 bridgehead atoms. The molecule has 2 N–H and O–H groups in total. The highest BCUT2D eigenvalue weighted by molar-refractivity contribution is 6.70. The molecular formula is C16H30O9Si2. The van der Waals surface area contributed by atoms with Crippen molar-refractivity contribution in [1.82, 2.24) is 0 Å². The van der Waals surface area contributed by atoms with E-state index in [0.717, 1.165) is 0 Å². The van der Waals surface area contributed by atoms with E-state index in [4.69, 9.17) is 23.8 Å². The van der Waals surface area contributed by atoms with E-state index < -0.39 is 52.7 Å². The number of carboxylic acids is 2. The molecule has 9 nitrogen and oxygen atoms in total. The van der Waals surface area contributed by atoms with Gasteiger partial charge in [-0.3, -0.25) is 19.2 Å². The third-order valence-electron chi connectivity index (χ3n) is 2.86. The molecule has 2 unspecified atom stereocenters. The number of carbonyl (C=O) groups is 4. The van der Waals surface area contributed by atoms with Crippen LogP contribution >= 0.6 is 0 Å². The van der Waals surface area contributed by atoms with Gasteiger partial charge >= 0.3 is 23.9 Å². The van der Waals surface area contributed by atoms with Gasteiger partial charge in [0, 0.05) is 0 Å². The van der Waals surface area contributed by atoms with Crippen molar-refractivity contribution in [2.75, 3.05) is 0 Å². The predicted molar refractivity (Wildman–Crippen MR) is 101 cm³/mol. The first-order valence-electron chi connectivity index (χ1n) is 8.60. The molecule has 11 heteroatoms. The van der Waals surface area contributed by atoms with E-state index in [1.54, 1.807) is 0 Å². The first-order chi connectivity index (χ1) is 12.1. The van der Waals surface area contributed by atoms with Gasteiger partial charge in [0.2, 0.25) is 0 Å². The molecule has 0 amide bonds. The van der Waals surface area contributed by atoms with Gasteiger partial charge in [0.15, 0.2) is 16.6 Å². The molecule has 0 saturated carbocycles. The topological polar surface area (TPSA) is 136 Å². The third kappa shape index (κ3) is 15.2. The second kappa shape index (κ2) is 10.7. The molecule has 27 heavy (non-hydrogen) atoms. The summed E-state index contributed by atoms with van der Waals surface area (Å²) in [5.41, 5.74) is 0. The Morgan fingerprint density at radius 2 is 0.963 bits per heavy atom. The zero-order chi connectivity index (χ0) is 21.4. The fourth-order valence-electron chi connectivity index (χ4n) is 2.28. The molecule has 0 aliphatic carbocycles. The van der Waals surface area contributed by atoms with Crippen molar-refractivity contribution in [1.29, 1.82) is 0 Å². The lowest BCUT2D eigenvalue weighted by Gasteiger charge is -2.25. The number of ether oxygens (including phenoxy) is 1. The molecule has 0 aromatic heterocycles. The molecule has 0 aliphatic rings. The molecule has 0 spiro atoms. The Hall–Kier alpha value is -1.57. The third-order valence-corrected chi connectivity index (χ3v) is 4.94. The van der Waals surface area contributed by atoms with Crippen molar-refractivity contribution >= 4 is 40.5 Å². The van der Waals surface area contributed by atoms with Crippen LogP contribution in [0.1, 0.15) is 25.7 Å². The van der Waals surface area contributed by atoms with E-state index >= 15 is 0 Å². The Morgan fingerprint density at radius 1 is 0.667 bits per heavy atom. The highest BCUT2D eigenvalue weighted by Gasteiger charge is 2.29. The van der Waals surface area contributed by atoms with Gasteiger partial charge in [-0.1, -0.05) is 0 Å². The largest absolute Gasteiger partial charge is 0.481 e. The Balaban J connectivity index is 4.80. The molecule has 0 aliphatic heterocycles. The van der Waals surface area contributed by atoms with Crippen molar-refractivity contribution in [3.8, 4) is 0 Å². The molecule has 0 aromatic rings. The fraction of sp³-hybridized carbons (Fsp3) is 0.750. The molecule has 2 atom stereocenters. The van der Waals surface area contributed by atoms with E-state index in [0.29, 0.717) is 0 Å². The van der Waals surface area contributed by atoms with Gasteiger partial charge in [-0.05, 0) is 39.3 Å². The zero-order valence-electron chi connectivity index (χ0n) is 16.7. The maximum atomic E-state index is 12.0. The van der Waals surface area contributed by atoms with Gasteiger partial charge in [-0.15, -0.1) is 0 Å². The lowest BCUT2D eigenvalue weighted by atomic mass is 10.2. The standard InChI is InChI=1S/C16H30O9Si2/c1-26(2,3)24-11(7-13(17)18)9-15(21)23-16(22)10-12(8-14(19)20)25-27(4,5)6/h11-12H,7-10H2,1-6H3,(H,17,18)(H,19,20). The van der Waals surface area contributed by atoms with Crippen LogP contribution in [-0.2, 0) is 32.8 Å². The van der Waals surface area contributed by atoms with Gasteiger partial charge in [-0.2, -0.15) is 0 Å². The summed E-state index contributed by atoms with van der Waals surface area (Å²) < 4.78 is 16.0. The smallest absolute Gasteiger partial charge is 0.316 e.